The van der Waals surface area contributed by atoms with Crippen LogP contribution in [0.2, 0.25) is 5.15 Å². The molecular formula is C11H4BrClF4N2O2. The summed E-state index contributed by atoms with van der Waals surface area (Å²) in [6.07, 6.45) is -4.69. The van der Waals surface area contributed by atoms with Crippen LogP contribution >= 0.6 is 27.5 Å². The van der Waals surface area contributed by atoms with Crippen LogP contribution in [-0.4, -0.2) is 9.55 Å². The van der Waals surface area contributed by atoms with Crippen molar-refractivity contribution in [3.63, 3.8) is 0 Å². The topological polar surface area (TPSA) is 54.9 Å². The lowest BCUT2D eigenvalue weighted by molar-refractivity contribution is -0.137. The highest BCUT2D eigenvalue weighted by molar-refractivity contribution is 9.10. The van der Waals surface area contributed by atoms with Gasteiger partial charge in [0.1, 0.15) is 0 Å². The Bertz CT molecular complexity index is 828. The molecule has 1 heterocycles. The van der Waals surface area contributed by atoms with Gasteiger partial charge in [-0.25, -0.2) is 9.36 Å². The highest BCUT2D eigenvalue weighted by atomic mass is 79.9. The van der Waals surface area contributed by atoms with E-state index >= 15 is 0 Å². The van der Waals surface area contributed by atoms with E-state index < -0.39 is 39.6 Å². The van der Waals surface area contributed by atoms with Crippen molar-refractivity contribution < 1.29 is 17.6 Å². The van der Waals surface area contributed by atoms with Crippen LogP contribution in [0.25, 0.3) is 5.69 Å². The molecule has 2 rings (SSSR count). The lowest BCUT2D eigenvalue weighted by Crippen LogP contribution is -2.36. The minimum Gasteiger partial charge on any atom is -0.295 e. The van der Waals surface area contributed by atoms with E-state index in [4.69, 9.17) is 11.6 Å². The van der Waals surface area contributed by atoms with Crippen molar-refractivity contribution >= 4 is 27.5 Å². The van der Waals surface area contributed by atoms with Gasteiger partial charge in [-0.05, 0) is 18.2 Å². The van der Waals surface area contributed by atoms with Crippen LogP contribution in [0.1, 0.15) is 5.56 Å². The maximum absolute atomic E-state index is 13.4. The summed E-state index contributed by atoms with van der Waals surface area (Å²) in [5.74, 6) is -1.47. The molecule has 0 radical (unpaired) electrons. The van der Waals surface area contributed by atoms with E-state index in [9.17, 15) is 27.2 Å². The van der Waals surface area contributed by atoms with Crippen molar-refractivity contribution in [2.75, 3.05) is 0 Å². The molecule has 4 nitrogen and oxygen atoms in total. The van der Waals surface area contributed by atoms with Gasteiger partial charge >= 0.3 is 11.9 Å². The molecule has 0 atom stereocenters. The Balaban J connectivity index is 2.81. The first kappa shape index (κ1) is 15.8. The first-order valence-electron chi connectivity index (χ1n) is 5.20. The van der Waals surface area contributed by atoms with Crippen LogP contribution < -0.4 is 11.2 Å². The molecule has 0 bridgehead atoms. The summed E-state index contributed by atoms with van der Waals surface area (Å²) in [4.78, 5) is 25.1. The van der Waals surface area contributed by atoms with E-state index in [-0.39, 0.29) is 9.04 Å². The fraction of sp³-hybridized carbons (Fsp3) is 0.0909. The maximum atomic E-state index is 13.4. The van der Waals surface area contributed by atoms with Gasteiger partial charge < -0.3 is 0 Å². The number of hydrogen-bond donors (Lipinski definition) is 1. The van der Waals surface area contributed by atoms with Crippen LogP contribution in [-0.2, 0) is 6.18 Å². The standard InChI is InChI=1S/C11H4BrClF4N2O2/c12-5-1-4(11(15,16)17)2-6(3-5)19-9(20)7(14)8(13)18-10(19)21/h1-3H,(H,18,21). The van der Waals surface area contributed by atoms with Gasteiger partial charge in [0, 0.05) is 4.47 Å². The second kappa shape index (κ2) is 5.30. The van der Waals surface area contributed by atoms with Crippen LogP contribution in [0.3, 0.4) is 0 Å². The number of nitrogens with one attached hydrogen (secondary N) is 1. The number of aromatic amines is 1. The lowest BCUT2D eigenvalue weighted by atomic mass is 10.2. The molecular weight excluding hydrogens is 383 g/mol. The summed E-state index contributed by atoms with van der Waals surface area (Å²) >= 11 is 8.12. The fourth-order valence-corrected chi connectivity index (χ4v) is 2.23. The monoisotopic (exact) mass is 386 g/mol. The predicted molar refractivity (Wildman–Crippen MR) is 70.3 cm³/mol. The Kier molecular flexibility index (Phi) is 3.98. The molecule has 0 fully saturated rings. The number of aromatic nitrogens is 2. The SMILES string of the molecule is O=c1[nH]c(Cl)c(F)c(=O)n1-c1cc(Br)cc(C(F)(F)F)c1. The molecule has 2 aromatic rings. The number of benzene rings is 1. The normalized spacial score (nSPS) is 11.7. The molecule has 0 aliphatic rings. The summed E-state index contributed by atoms with van der Waals surface area (Å²) in [5.41, 5.74) is -4.15. The molecule has 0 aliphatic heterocycles. The van der Waals surface area contributed by atoms with E-state index in [1.54, 1.807) is 0 Å². The van der Waals surface area contributed by atoms with Crippen molar-refractivity contribution in [1.29, 1.82) is 0 Å². The highest BCUT2D eigenvalue weighted by Crippen LogP contribution is 2.32. The largest absolute Gasteiger partial charge is 0.416 e. The van der Waals surface area contributed by atoms with E-state index in [0.717, 1.165) is 12.1 Å². The van der Waals surface area contributed by atoms with Crippen LogP contribution in [0.15, 0.2) is 32.3 Å². The van der Waals surface area contributed by atoms with Gasteiger partial charge in [0.15, 0.2) is 5.15 Å². The summed E-state index contributed by atoms with van der Waals surface area (Å²) in [6, 6.07) is 2.38. The second-order valence-corrected chi connectivity index (χ2v) is 5.19. The molecule has 1 N–H and O–H groups in total. The molecule has 112 valence electrons. The average molecular weight is 388 g/mol. The van der Waals surface area contributed by atoms with Crippen molar-refractivity contribution in [1.82, 2.24) is 9.55 Å². The van der Waals surface area contributed by atoms with E-state index in [2.05, 4.69) is 15.9 Å². The van der Waals surface area contributed by atoms with Crippen LogP contribution in [0.5, 0.6) is 0 Å². The van der Waals surface area contributed by atoms with Gasteiger partial charge in [-0.15, -0.1) is 0 Å². The third kappa shape index (κ3) is 3.03. The van der Waals surface area contributed by atoms with E-state index in [0.29, 0.717) is 6.07 Å². The Morgan fingerprint density at radius 1 is 1.19 bits per heavy atom. The first-order valence-corrected chi connectivity index (χ1v) is 6.37. The minimum absolute atomic E-state index is 0.0333. The molecule has 0 unspecified atom stereocenters. The Labute approximate surface area is 127 Å². The molecule has 0 saturated heterocycles. The second-order valence-electron chi connectivity index (χ2n) is 3.89. The van der Waals surface area contributed by atoms with Crippen molar-refractivity contribution in [3.05, 3.63) is 60.0 Å². The minimum atomic E-state index is -4.69. The quantitative estimate of drug-likeness (QED) is 0.604. The predicted octanol–water partition coefficient (Wildman–Crippen LogP) is 3.10. The van der Waals surface area contributed by atoms with Crippen LogP contribution in [0.4, 0.5) is 17.6 Å². The summed E-state index contributed by atoms with van der Waals surface area (Å²) in [7, 11) is 0. The molecule has 0 amide bonds. The van der Waals surface area contributed by atoms with Gasteiger partial charge in [0.25, 0.3) is 5.56 Å². The van der Waals surface area contributed by atoms with Gasteiger partial charge in [0.2, 0.25) is 5.82 Å². The summed E-state index contributed by atoms with van der Waals surface area (Å²) in [5, 5.41) is -0.813. The third-order valence-corrected chi connectivity index (χ3v) is 3.19. The van der Waals surface area contributed by atoms with Crippen LogP contribution in [0, 0.1) is 5.82 Å². The fourth-order valence-electron chi connectivity index (χ4n) is 1.59. The summed E-state index contributed by atoms with van der Waals surface area (Å²) in [6.45, 7) is 0. The van der Waals surface area contributed by atoms with E-state index in [1.165, 1.54) is 0 Å². The van der Waals surface area contributed by atoms with Crippen molar-refractivity contribution in [2.24, 2.45) is 0 Å². The zero-order chi connectivity index (χ0) is 15.9. The maximum Gasteiger partial charge on any atom is 0.416 e. The molecule has 1 aromatic carbocycles. The summed E-state index contributed by atoms with van der Waals surface area (Å²) < 4.78 is 51.8. The average Bonchev–Trinajstić information content (AvgIpc) is 2.34. The highest BCUT2D eigenvalue weighted by Gasteiger charge is 2.31. The lowest BCUT2D eigenvalue weighted by Gasteiger charge is -2.11. The van der Waals surface area contributed by atoms with Gasteiger partial charge in [-0.2, -0.15) is 17.6 Å². The number of rotatable bonds is 1. The zero-order valence-electron chi connectivity index (χ0n) is 9.76. The van der Waals surface area contributed by atoms with Crippen molar-refractivity contribution in [3.8, 4) is 5.69 Å². The van der Waals surface area contributed by atoms with Gasteiger partial charge in [-0.1, -0.05) is 27.5 Å². The van der Waals surface area contributed by atoms with Gasteiger partial charge in [-0.3, -0.25) is 9.78 Å². The number of halogens is 6. The van der Waals surface area contributed by atoms with E-state index in [1.807, 2.05) is 4.98 Å². The molecule has 0 aliphatic carbocycles. The Morgan fingerprint density at radius 3 is 2.38 bits per heavy atom. The molecule has 10 heteroatoms. The molecule has 0 spiro atoms. The molecule has 1 aromatic heterocycles. The third-order valence-electron chi connectivity index (χ3n) is 2.47. The zero-order valence-corrected chi connectivity index (χ0v) is 12.1. The Hall–Kier alpha value is -1.61. The number of nitrogens with zero attached hydrogens (tertiary/aromatic N) is 1. The first-order chi connectivity index (χ1) is 9.61. The molecule has 0 saturated carbocycles. The number of hydrogen-bond acceptors (Lipinski definition) is 2. The molecule has 21 heavy (non-hydrogen) atoms. The smallest absolute Gasteiger partial charge is 0.295 e. The van der Waals surface area contributed by atoms with Gasteiger partial charge in [0.05, 0.1) is 11.3 Å². The van der Waals surface area contributed by atoms with Crippen molar-refractivity contribution in [2.45, 2.75) is 6.18 Å². The Morgan fingerprint density at radius 2 is 1.81 bits per heavy atom. The number of alkyl halides is 3. The number of H-pyrrole nitrogens is 1.